The number of amides is 2. The monoisotopic (exact) mass is 434 g/mol. The van der Waals surface area contributed by atoms with Crippen LogP contribution < -0.4 is 15.5 Å². The van der Waals surface area contributed by atoms with E-state index < -0.39 is 16.7 Å². The summed E-state index contributed by atoms with van der Waals surface area (Å²) in [7, 11) is 1.42. The summed E-state index contributed by atoms with van der Waals surface area (Å²) in [5.74, 6) is -0.850. The van der Waals surface area contributed by atoms with Gasteiger partial charge in [-0.25, -0.2) is 5.43 Å². The molecular formula is C22H18N4O6. The smallest absolute Gasteiger partial charge is 0.273 e. The largest absolute Gasteiger partial charge is 0.504 e. The molecule has 0 aliphatic carbocycles. The lowest BCUT2D eigenvalue weighted by Gasteiger charge is -2.10. The molecule has 0 saturated heterocycles. The molecule has 0 aliphatic rings. The molecular weight excluding hydrogens is 416 g/mol. The molecule has 162 valence electrons. The van der Waals surface area contributed by atoms with Crippen LogP contribution in [-0.2, 0) is 0 Å². The van der Waals surface area contributed by atoms with E-state index in [1.165, 1.54) is 49.7 Å². The molecule has 0 atom stereocenters. The predicted octanol–water partition coefficient (Wildman–Crippen LogP) is 3.33. The van der Waals surface area contributed by atoms with Crippen molar-refractivity contribution in [3.05, 3.63) is 93.5 Å². The first-order valence-electron chi connectivity index (χ1n) is 9.24. The fraction of sp³-hybridized carbons (Fsp3) is 0.0455. The molecule has 10 heteroatoms. The number of nitrogens with one attached hydrogen (secondary N) is 2. The van der Waals surface area contributed by atoms with Crippen molar-refractivity contribution >= 4 is 29.4 Å². The standard InChI is InChI=1S/C22H18N4O6/c1-32-20-12-14(6-11-19(20)27)13-23-25-22(29)17-4-2-3-5-18(17)24-21(28)15-7-9-16(10-8-15)26(30)31/h2-13,27H,1H3,(H,24,28)(H,25,29)/b23-13+. The van der Waals surface area contributed by atoms with Gasteiger partial charge in [-0.15, -0.1) is 0 Å². The van der Waals surface area contributed by atoms with E-state index in [0.717, 1.165) is 0 Å². The summed E-state index contributed by atoms with van der Waals surface area (Å²) >= 11 is 0. The van der Waals surface area contributed by atoms with Gasteiger partial charge in [0.25, 0.3) is 17.5 Å². The molecule has 0 radical (unpaired) electrons. The number of rotatable bonds is 7. The van der Waals surface area contributed by atoms with Gasteiger partial charge >= 0.3 is 0 Å². The second kappa shape index (κ2) is 9.85. The van der Waals surface area contributed by atoms with Crippen LogP contribution >= 0.6 is 0 Å². The number of hydrogen-bond donors (Lipinski definition) is 3. The summed E-state index contributed by atoms with van der Waals surface area (Å²) in [6.07, 6.45) is 1.37. The maximum Gasteiger partial charge on any atom is 0.273 e. The van der Waals surface area contributed by atoms with Crippen LogP contribution in [0.4, 0.5) is 11.4 Å². The number of anilines is 1. The first-order chi connectivity index (χ1) is 15.4. The molecule has 0 unspecified atom stereocenters. The third-order valence-electron chi connectivity index (χ3n) is 4.34. The van der Waals surface area contributed by atoms with Crippen molar-refractivity contribution in [2.45, 2.75) is 0 Å². The number of nitro benzene ring substituents is 1. The minimum absolute atomic E-state index is 0.0219. The molecule has 3 N–H and O–H groups in total. The van der Waals surface area contributed by atoms with Crippen LogP contribution in [0.3, 0.4) is 0 Å². The van der Waals surface area contributed by atoms with Crippen molar-refractivity contribution in [1.29, 1.82) is 0 Å². The number of hydrazone groups is 1. The fourth-order valence-corrected chi connectivity index (χ4v) is 2.72. The fourth-order valence-electron chi connectivity index (χ4n) is 2.72. The van der Waals surface area contributed by atoms with E-state index in [1.54, 1.807) is 30.3 Å². The van der Waals surface area contributed by atoms with Crippen molar-refractivity contribution in [2.24, 2.45) is 5.10 Å². The van der Waals surface area contributed by atoms with E-state index in [2.05, 4.69) is 15.8 Å². The Kier molecular flexibility index (Phi) is 6.76. The van der Waals surface area contributed by atoms with E-state index in [0.29, 0.717) is 5.56 Å². The lowest BCUT2D eigenvalue weighted by atomic mass is 10.1. The van der Waals surface area contributed by atoms with Gasteiger partial charge in [0.2, 0.25) is 0 Å². The zero-order valence-corrected chi connectivity index (χ0v) is 16.8. The van der Waals surface area contributed by atoms with Crippen molar-refractivity contribution in [3.63, 3.8) is 0 Å². The number of methoxy groups -OCH3 is 1. The number of phenolic OH excluding ortho intramolecular Hbond substituents is 1. The number of phenols is 1. The Hall–Kier alpha value is -4.73. The molecule has 3 aromatic carbocycles. The van der Waals surface area contributed by atoms with Gasteiger partial charge in [0.15, 0.2) is 11.5 Å². The Morgan fingerprint density at radius 2 is 1.78 bits per heavy atom. The van der Waals surface area contributed by atoms with Crippen LogP contribution in [0.5, 0.6) is 11.5 Å². The number of carbonyl (C=O) groups excluding carboxylic acids is 2. The number of aromatic hydroxyl groups is 1. The van der Waals surface area contributed by atoms with Gasteiger partial charge in [0.1, 0.15) is 0 Å². The first kappa shape index (κ1) is 22.0. The van der Waals surface area contributed by atoms with Crippen LogP contribution in [0.15, 0.2) is 71.8 Å². The average molecular weight is 434 g/mol. The Bertz CT molecular complexity index is 1190. The number of nitro groups is 1. The van der Waals surface area contributed by atoms with Crippen LogP contribution in [0.1, 0.15) is 26.3 Å². The highest BCUT2D eigenvalue weighted by Crippen LogP contribution is 2.25. The third-order valence-corrected chi connectivity index (χ3v) is 4.34. The molecule has 3 rings (SSSR count). The Morgan fingerprint density at radius 1 is 1.06 bits per heavy atom. The topological polar surface area (TPSA) is 143 Å². The van der Waals surface area contributed by atoms with E-state index in [4.69, 9.17) is 4.74 Å². The van der Waals surface area contributed by atoms with Crippen molar-refractivity contribution in [1.82, 2.24) is 5.43 Å². The highest BCUT2D eigenvalue weighted by atomic mass is 16.6. The summed E-state index contributed by atoms with van der Waals surface area (Å²) in [6, 6.07) is 16.0. The molecule has 0 fully saturated rings. The second-order valence-corrected chi connectivity index (χ2v) is 6.43. The highest BCUT2D eigenvalue weighted by Gasteiger charge is 2.15. The number of ether oxygens (including phenoxy) is 1. The molecule has 0 saturated carbocycles. The third kappa shape index (κ3) is 5.25. The summed E-state index contributed by atoms with van der Waals surface area (Å²) in [5.41, 5.74) is 3.44. The number of benzene rings is 3. The zero-order valence-electron chi connectivity index (χ0n) is 16.8. The molecule has 0 aromatic heterocycles. The Labute approximate surface area is 182 Å². The van der Waals surface area contributed by atoms with Gasteiger partial charge in [-0.05, 0) is 48.0 Å². The van der Waals surface area contributed by atoms with Crippen molar-refractivity contribution in [3.8, 4) is 11.5 Å². The normalized spacial score (nSPS) is 10.5. The minimum Gasteiger partial charge on any atom is -0.504 e. The van der Waals surface area contributed by atoms with Gasteiger partial charge in [0.05, 0.1) is 29.5 Å². The van der Waals surface area contributed by atoms with Crippen LogP contribution in [0.2, 0.25) is 0 Å². The molecule has 3 aromatic rings. The lowest BCUT2D eigenvalue weighted by Crippen LogP contribution is -2.21. The SMILES string of the molecule is COc1cc(/C=N/NC(=O)c2ccccc2NC(=O)c2ccc([N+](=O)[O-])cc2)ccc1O. The zero-order chi connectivity index (χ0) is 23.1. The molecule has 32 heavy (non-hydrogen) atoms. The van der Waals surface area contributed by atoms with E-state index in [-0.39, 0.29) is 34.0 Å². The quantitative estimate of drug-likeness (QED) is 0.296. The van der Waals surface area contributed by atoms with Crippen molar-refractivity contribution < 1.29 is 24.4 Å². The first-order valence-corrected chi connectivity index (χ1v) is 9.24. The number of carbonyl (C=O) groups is 2. The summed E-state index contributed by atoms with van der Waals surface area (Å²) in [5, 5.41) is 26.9. The number of hydrogen-bond acceptors (Lipinski definition) is 7. The Balaban J connectivity index is 1.70. The maximum absolute atomic E-state index is 12.6. The molecule has 2 amide bonds. The van der Waals surface area contributed by atoms with Crippen LogP contribution in [0, 0.1) is 10.1 Å². The summed E-state index contributed by atoms with van der Waals surface area (Å²) in [6.45, 7) is 0. The van der Waals surface area contributed by atoms with Gasteiger partial charge in [-0.3, -0.25) is 19.7 Å². The number of nitrogens with zero attached hydrogens (tertiary/aromatic N) is 2. The van der Waals surface area contributed by atoms with Gasteiger partial charge in [-0.1, -0.05) is 12.1 Å². The molecule has 10 nitrogen and oxygen atoms in total. The Morgan fingerprint density at radius 3 is 2.47 bits per heavy atom. The average Bonchev–Trinajstić information content (AvgIpc) is 2.80. The molecule has 0 aliphatic heterocycles. The van der Waals surface area contributed by atoms with E-state index in [9.17, 15) is 24.8 Å². The van der Waals surface area contributed by atoms with E-state index >= 15 is 0 Å². The van der Waals surface area contributed by atoms with Gasteiger partial charge < -0.3 is 15.2 Å². The van der Waals surface area contributed by atoms with Gasteiger partial charge in [0, 0.05) is 17.7 Å². The summed E-state index contributed by atoms with van der Waals surface area (Å²) < 4.78 is 5.02. The highest BCUT2D eigenvalue weighted by molar-refractivity contribution is 6.09. The van der Waals surface area contributed by atoms with Gasteiger partial charge in [-0.2, -0.15) is 5.10 Å². The molecule has 0 heterocycles. The molecule has 0 spiro atoms. The molecule has 0 bridgehead atoms. The predicted molar refractivity (Wildman–Crippen MR) is 117 cm³/mol. The second-order valence-electron chi connectivity index (χ2n) is 6.43. The minimum atomic E-state index is -0.563. The maximum atomic E-state index is 12.6. The lowest BCUT2D eigenvalue weighted by molar-refractivity contribution is -0.384. The number of non-ortho nitro benzene ring substituents is 1. The van der Waals surface area contributed by atoms with Crippen LogP contribution in [-0.4, -0.2) is 35.2 Å². The summed E-state index contributed by atoms with van der Waals surface area (Å²) in [4.78, 5) is 35.2. The van der Waals surface area contributed by atoms with Crippen LogP contribution in [0.25, 0.3) is 0 Å². The van der Waals surface area contributed by atoms with Crippen molar-refractivity contribution in [2.75, 3.05) is 12.4 Å². The van der Waals surface area contributed by atoms with E-state index in [1.807, 2.05) is 0 Å². The number of para-hydroxylation sites is 1.